The second-order valence-electron chi connectivity index (χ2n) is 6.82. The summed E-state index contributed by atoms with van der Waals surface area (Å²) >= 11 is 0. The van der Waals surface area contributed by atoms with E-state index in [1.165, 1.54) is 10.6 Å². The standard InChI is InChI=1S/C18H19F3N6O/c19-18(20,21)14-11-27-13(9-24-16(27)10-23-14)17-22-5-1-15(25-17)26-6-2-12(3-7-26)4-8-28/h1,5,9-12,28H,2-4,6-8H2. The van der Waals surface area contributed by atoms with Gasteiger partial charge in [-0.1, -0.05) is 0 Å². The average Bonchev–Trinajstić information content (AvgIpc) is 3.12. The molecule has 0 radical (unpaired) electrons. The Morgan fingerprint density at radius 2 is 1.89 bits per heavy atom. The highest BCUT2D eigenvalue weighted by Crippen LogP contribution is 2.29. The molecule has 0 unspecified atom stereocenters. The number of aliphatic hydroxyl groups is 1. The van der Waals surface area contributed by atoms with Crippen LogP contribution in [-0.4, -0.2) is 49.1 Å². The number of alkyl halides is 3. The van der Waals surface area contributed by atoms with E-state index in [4.69, 9.17) is 5.11 Å². The lowest BCUT2D eigenvalue weighted by atomic mass is 9.94. The van der Waals surface area contributed by atoms with Crippen molar-refractivity contribution < 1.29 is 18.3 Å². The Balaban J connectivity index is 1.63. The van der Waals surface area contributed by atoms with Gasteiger partial charge in [-0.25, -0.2) is 19.9 Å². The normalized spacial score (nSPS) is 16.1. The molecule has 28 heavy (non-hydrogen) atoms. The fourth-order valence-corrected chi connectivity index (χ4v) is 3.48. The van der Waals surface area contributed by atoms with Gasteiger partial charge >= 0.3 is 6.18 Å². The van der Waals surface area contributed by atoms with E-state index in [1.54, 1.807) is 12.3 Å². The number of piperidine rings is 1. The molecule has 1 aliphatic rings. The number of halogens is 3. The molecule has 0 bridgehead atoms. The van der Waals surface area contributed by atoms with Crippen molar-refractivity contribution >= 4 is 11.5 Å². The van der Waals surface area contributed by atoms with Crippen LogP contribution in [0.15, 0.2) is 30.9 Å². The summed E-state index contributed by atoms with van der Waals surface area (Å²) in [5, 5.41) is 9.08. The van der Waals surface area contributed by atoms with Gasteiger partial charge in [0.15, 0.2) is 17.2 Å². The van der Waals surface area contributed by atoms with Crippen LogP contribution in [-0.2, 0) is 6.18 Å². The maximum absolute atomic E-state index is 13.0. The molecule has 1 saturated heterocycles. The Morgan fingerprint density at radius 3 is 2.61 bits per heavy atom. The highest BCUT2D eigenvalue weighted by molar-refractivity contribution is 5.58. The molecule has 0 aliphatic carbocycles. The van der Waals surface area contributed by atoms with Gasteiger partial charge in [-0.2, -0.15) is 13.2 Å². The predicted octanol–water partition coefficient (Wildman–Crippen LogP) is 2.80. The van der Waals surface area contributed by atoms with Gasteiger partial charge in [0.1, 0.15) is 11.5 Å². The van der Waals surface area contributed by atoms with Crippen molar-refractivity contribution in [3.05, 3.63) is 36.5 Å². The zero-order chi connectivity index (χ0) is 19.7. The van der Waals surface area contributed by atoms with Crippen molar-refractivity contribution in [3.8, 4) is 11.5 Å². The number of imidazole rings is 1. The van der Waals surface area contributed by atoms with E-state index in [2.05, 4.69) is 24.8 Å². The number of fused-ring (bicyclic) bond motifs is 1. The first-order chi connectivity index (χ1) is 13.5. The summed E-state index contributed by atoms with van der Waals surface area (Å²) in [5.41, 5.74) is -0.330. The van der Waals surface area contributed by atoms with Gasteiger partial charge in [0.05, 0.1) is 12.4 Å². The minimum atomic E-state index is -4.54. The quantitative estimate of drug-likeness (QED) is 0.736. The van der Waals surface area contributed by atoms with Gasteiger partial charge < -0.3 is 10.0 Å². The summed E-state index contributed by atoms with van der Waals surface area (Å²) in [6.07, 6.45) is 3.24. The maximum Gasteiger partial charge on any atom is 0.434 e. The molecule has 3 aromatic heterocycles. The minimum Gasteiger partial charge on any atom is -0.396 e. The molecule has 3 aromatic rings. The summed E-state index contributed by atoms with van der Waals surface area (Å²) in [4.78, 5) is 18.4. The second kappa shape index (κ2) is 7.34. The molecule has 1 fully saturated rings. The lowest BCUT2D eigenvalue weighted by molar-refractivity contribution is -0.141. The van der Waals surface area contributed by atoms with Crippen LogP contribution in [0.25, 0.3) is 17.2 Å². The molecule has 148 valence electrons. The highest BCUT2D eigenvalue weighted by atomic mass is 19.4. The van der Waals surface area contributed by atoms with Gasteiger partial charge in [-0.3, -0.25) is 4.40 Å². The second-order valence-corrected chi connectivity index (χ2v) is 6.82. The first kappa shape index (κ1) is 18.6. The Bertz CT molecular complexity index is 965. The van der Waals surface area contributed by atoms with E-state index < -0.39 is 11.9 Å². The molecule has 10 heteroatoms. The molecule has 4 rings (SSSR count). The molecule has 1 N–H and O–H groups in total. The number of hydrogen-bond donors (Lipinski definition) is 1. The minimum absolute atomic E-state index is 0.200. The van der Waals surface area contributed by atoms with E-state index in [9.17, 15) is 13.2 Å². The summed E-state index contributed by atoms with van der Waals surface area (Å²) in [6, 6.07) is 1.79. The Hall–Kier alpha value is -2.75. The van der Waals surface area contributed by atoms with Crippen molar-refractivity contribution in [2.45, 2.75) is 25.4 Å². The van der Waals surface area contributed by atoms with Crippen molar-refractivity contribution in [3.63, 3.8) is 0 Å². The molecular weight excluding hydrogens is 373 g/mol. The number of aliphatic hydroxyl groups excluding tert-OH is 1. The molecule has 1 aliphatic heterocycles. The molecule has 7 nitrogen and oxygen atoms in total. The molecule has 0 atom stereocenters. The third-order valence-corrected chi connectivity index (χ3v) is 5.03. The van der Waals surface area contributed by atoms with E-state index in [1.807, 2.05) is 0 Å². The van der Waals surface area contributed by atoms with Crippen molar-refractivity contribution in [1.82, 2.24) is 24.3 Å². The molecule has 0 saturated carbocycles. The van der Waals surface area contributed by atoms with Crippen LogP contribution in [0, 0.1) is 5.92 Å². The maximum atomic E-state index is 13.0. The van der Waals surface area contributed by atoms with Crippen molar-refractivity contribution in [2.24, 2.45) is 5.92 Å². The van der Waals surface area contributed by atoms with E-state index >= 15 is 0 Å². The average molecular weight is 392 g/mol. The van der Waals surface area contributed by atoms with Gasteiger partial charge in [0.25, 0.3) is 0 Å². The monoisotopic (exact) mass is 392 g/mol. The molecular formula is C18H19F3N6O. The molecule has 0 amide bonds. The van der Waals surface area contributed by atoms with E-state index in [-0.39, 0.29) is 6.61 Å². The highest BCUT2D eigenvalue weighted by Gasteiger charge is 2.33. The first-order valence-electron chi connectivity index (χ1n) is 9.05. The third kappa shape index (κ3) is 3.64. The van der Waals surface area contributed by atoms with Crippen molar-refractivity contribution in [2.75, 3.05) is 24.6 Å². The largest absolute Gasteiger partial charge is 0.434 e. The summed E-state index contributed by atoms with van der Waals surface area (Å²) in [7, 11) is 0. The lowest BCUT2D eigenvalue weighted by Crippen LogP contribution is -2.34. The Morgan fingerprint density at radius 1 is 1.11 bits per heavy atom. The van der Waals surface area contributed by atoms with Gasteiger partial charge in [-0.15, -0.1) is 0 Å². The van der Waals surface area contributed by atoms with Crippen LogP contribution >= 0.6 is 0 Å². The fraction of sp³-hybridized carbons (Fsp3) is 0.444. The molecule has 4 heterocycles. The number of hydrogen-bond acceptors (Lipinski definition) is 6. The van der Waals surface area contributed by atoms with Crippen LogP contribution in [0.2, 0.25) is 0 Å². The third-order valence-electron chi connectivity index (χ3n) is 5.03. The van der Waals surface area contributed by atoms with Crippen LogP contribution in [0.4, 0.5) is 19.0 Å². The SMILES string of the molecule is OCCC1CCN(c2ccnc(-c3cnc4cnc(C(F)(F)F)cn34)n2)CC1. The molecule has 0 aromatic carbocycles. The molecule has 0 spiro atoms. The number of aromatic nitrogens is 5. The smallest absolute Gasteiger partial charge is 0.396 e. The summed E-state index contributed by atoms with van der Waals surface area (Å²) < 4.78 is 40.3. The van der Waals surface area contributed by atoms with Crippen LogP contribution in [0.5, 0.6) is 0 Å². The van der Waals surface area contributed by atoms with Gasteiger partial charge in [-0.05, 0) is 31.2 Å². The van der Waals surface area contributed by atoms with Crippen LogP contribution < -0.4 is 4.90 Å². The summed E-state index contributed by atoms with van der Waals surface area (Å²) in [5.74, 6) is 1.55. The number of rotatable bonds is 4. The summed E-state index contributed by atoms with van der Waals surface area (Å²) in [6.45, 7) is 1.83. The van der Waals surface area contributed by atoms with Crippen LogP contribution in [0.3, 0.4) is 0 Å². The zero-order valence-corrected chi connectivity index (χ0v) is 15.0. The number of nitrogens with zero attached hydrogens (tertiary/aromatic N) is 6. The van der Waals surface area contributed by atoms with Gasteiger partial charge in [0, 0.05) is 32.1 Å². The number of anilines is 1. The lowest BCUT2D eigenvalue weighted by Gasteiger charge is -2.32. The van der Waals surface area contributed by atoms with Crippen molar-refractivity contribution in [1.29, 1.82) is 0 Å². The fourth-order valence-electron chi connectivity index (χ4n) is 3.48. The topological polar surface area (TPSA) is 79.4 Å². The predicted molar refractivity (Wildman–Crippen MR) is 95.7 cm³/mol. The first-order valence-corrected chi connectivity index (χ1v) is 9.05. The van der Waals surface area contributed by atoms with E-state index in [0.29, 0.717) is 23.1 Å². The van der Waals surface area contributed by atoms with Crippen LogP contribution in [0.1, 0.15) is 25.0 Å². The zero-order valence-electron chi connectivity index (χ0n) is 15.0. The Kier molecular flexibility index (Phi) is 4.88. The van der Waals surface area contributed by atoms with E-state index in [0.717, 1.165) is 50.6 Å². The van der Waals surface area contributed by atoms with Gasteiger partial charge in [0.2, 0.25) is 0 Å². The Labute approximate surface area is 158 Å².